The number of aryl methyl sites for hydroxylation is 1. The molecule has 2 N–H and O–H groups in total. The third-order valence-electron chi connectivity index (χ3n) is 5.88. The van der Waals surface area contributed by atoms with Crippen LogP contribution in [-0.2, 0) is 0 Å². The van der Waals surface area contributed by atoms with E-state index in [1.165, 1.54) is 0 Å². The molecule has 1 fully saturated rings. The van der Waals surface area contributed by atoms with Gasteiger partial charge < -0.3 is 15.3 Å². The summed E-state index contributed by atoms with van der Waals surface area (Å²) in [6.45, 7) is 4.98. The highest BCUT2D eigenvalue weighted by atomic mass is 16.3. The summed E-state index contributed by atoms with van der Waals surface area (Å²) in [6.07, 6.45) is 1.89. The number of nitrogens with zero attached hydrogens (tertiary/aromatic N) is 7. The number of benzene rings is 1. The number of anilines is 3. The van der Waals surface area contributed by atoms with Gasteiger partial charge in [0, 0.05) is 24.3 Å². The van der Waals surface area contributed by atoms with E-state index in [1.807, 2.05) is 54.0 Å². The summed E-state index contributed by atoms with van der Waals surface area (Å²) in [5, 5.41) is 31.1. The topological polar surface area (TPSA) is 116 Å². The zero-order valence-corrected chi connectivity index (χ0v) is 18.5. The lowest BCUT2D eigenvalue weighted by atomic mass is 10.1. The van der Waals surface area contributed by atoms with Crippen LogP contribution in [0.25, 0.3) is 16.9 Å². The minimum Gasteiger partial charge on any atom is -0.389 e. The van der Waals surface area contributed by atoms with E-state index >= 15 is 0 Å². The van der Waals surface area contributed by atoms with E-state index in [1.54, 1.807) is 13.3 Å². The Balaban J connectivity index is 1.52. The van der Waals surface area contributed by atoms with Crippen LogP contribution in [0.4, 0.5) is 17.3 Å². The van der Waals surface area contributed by atoms with Crippen molar-refractivity contribution in [3.05, 3.63) is 60.0 Å². The molecule has 9 heteroatoms. The molecule has 4 heterocycles. The van der Waals surface area contributed by atoms with Crippen molar-refractivity contribution in [2.45, 2.75) is 26.4 Å². The first-order valence-electron chi connectivity index (χ1n) is 10.9. The molecule has 2 unspecified atom stereocenters. The molecule has 3 aromatic heterocycles. The van der Waals surface area contributed by atoms with Gasteiger partial charge in [0.15, 0.2) is 5.82 Å². The molecule has 9 nitrogen and oxygen atoms in total. The van der Waals surface area contributed by atoms with Gasteiger partial charge in [0.1, 0.15) is 18.0 Å². The summed E-state index contributed by atoms with van der Waals surface area (Å²) in [5.74, 6) is 2.05. The van der Waals surface area contributed by atoms with Crippen molar-refractivity contribution in [1.82, 2.24) is 24.7 Å². The number of aliphatic hydroxyl groups is 1. The van der Waals surface area contributed by atoms with Crippen molar-refractivity contribution >= 4 is 28.4 Å². The smallest absolute Gasteiger partial charge is 0.153 e. The maximum atomic E-state index is 10.3. The average Bonchev–Trinajstić information content (AvgIpc) is 3.47. The van der Waals surface area contributed by atoms with Gasteiger partial charge in [-0.25, -0.2) is 9.97 Å². The standard InChI is InChI=1S/C24H24N8O/c1-15-3-7-22(30-29-15)27-18-4-6-20-21(11-18)32(14-26-20)23-8-5-19(16(2)33)24(28-23)31-10-9-17(12-25)13-31/h3-8,11,14,16-17,33H,9-10,13H2,1-2H3,(H,27,30). The quantitative estimate of drug-likeness (QED) is 0.483. The number of pyridine rings is 1. The summed E-state index contributed by atoms with van der Waals surface area (Å²) in [7, 11) is 0. The molecule has 0 amide bonds. The predicted molar refractivity (Wildman–Crippen MR) is 125 cm³/mol. The lowest BCUT2D eigenvalue weighted by Crippen LogP contribution is -2.23. The van der Waals surface area contributed by atoms with Crippen molar-refractivity contribution in [3.8, 4) is 11.9 Å². The molecule has 1 aliphatic heterocycles. The molecule has 1 saturated heterocycles. The molecule has 0 radical (unpaired) electrons. The summed E-state index contributed by atoms with van der Waals surface area (Å²) >= 11 is 0. The summed E-state index contributed by atoms with van der Waals surface area (Å²) < 4.78 is 1.93. The number of aliphatic hydroxyl groups excluding tert-OH is 1. The Labute approximate surface area is 191 Å². The second kappa shape index (κ2) is 8.48. The summed E-state index contributed by atoms with van der Waals surface area (Å²) in [5.41, 5.74) is 4.20. The zero-order valence-electron chi connectivity index (χ0n) is 18.5. The van der Waals surface area contributed by atoms with Crippen LogP contribution < -0.4 is 10.2 Å². The second-order valence-electron chi connectivity index (χ2n) is 8.32. The molecular weight excluding hydrogens is 416 g/mol. The fourth-order valence-electron chi connectivity index (χ4n) is 4.10. The Bertz CT molecular complexity index is 1340. The number of imidazole rings is 1. The van der Waals surface area contributed by atoms with Crippen LogP contribution in [0.1, 0.15) is 30.7 Å². The molecule has 0 saturated carbocycles. The van der Waals surface area contributed by atoms with E-state index in [0.29, 0.717) is 24.0 Å². The molecule has 2 atom stereocenters. The number of aromatic nitrogens is 5. The first-order chi connectivity index (χ1) is 16.0. The largest absolute Gasteiger partial charge is 0.389 e. The number of fused-ring (bicyclic) bond motifs is 1. The lowest BCUT2D eigenvalue weighted by molar-refractivity contribution is 0.199. The van der Waals surface area contributed by atoms with Gasteiger partial charge in [-0.3, -0.25) is 4.57 Å². The van der Waals surface area contributed by atoms with E-state index < -0.39 is 6.10 Å². The van der Waals surface area contributed by atoms with Gasteiger partial charge in [-0.15, -0.1) is 5.10 Å². The zero-order chi connectivity index (χ0) is 22.9. The molecule has 0 spiro atoms. The molecule has 4 aromatic rings. The number of nitriles is 1. The highest BCUT2D eigenvalue weighted by molar-refractivity contribution is 5.82. The Kier molecular flexibility index (Phi) is 5.36. The predicted octanol–water partition coefficient (Wildman–Crippen LogP) is 3.67. The Hall–Kier alpha value is -4.03. The first kappa shape index (κ1) is 20.8. The average molecular weight is 441 g/mol. The van der Waals surface area contributed by atoms with Crippen LogP contribution in [0.15, 0.2) is 48.8 Å². The van der Waals surface area contributed by atoms with Crippen LogP contribution in [0.2, 0.25) is 0 Å². The maximum absolute atomic E-state index is 10.3. The number of nitrogens with one attached hydrogen (secondary N) is 1. The summed E-state index contributed by atoms with van der Waals surface area (Å²) in [6, 6.07) is 15.8. The van der Waals surface area contributed by atoms with E-state index in [9.17, 15) is 10.4 Å². The van der Waals surface area contributed by atoms with Gasteiger partial charge in [-0.05, 0) is 62.7 Å². The molecular formula is C24H24N8O. The van der Waals surface area contributed by atoms with E-state index in [-0.39, 0.29) is 5.92 Å². The third kappa shape index (κ3) is 4.08. The van der Waals surface area contributed by atoms with Crippen LogP contribution in [0, 0.1) is 24.2 Å². The molecule has 0 bridgehead atoms. The number of rotatable bonds is 5. The fourth-order valence-corrected chi connectivity index (χ4v) is 4.10. The van der Waals surface area contributed by atoms with Gasteiger partial charge in [-0.2, -0.15) is 10.4 Å². The Morgan fingerprint density at radius 1 is 1.18 bits per heavy atom. The van der Waals surface area contributed by atoms with Crippen molar-refractivity contribution < 1.29 is 5.11 Å². The second-order valence-corrected chi connectivity index (χ2v) is 8.32. The third-order valence-corrected chi connectivity index (χ3v) is 5.88. The van der Waals surface area contributed by atoms with E-state index in [4.69, 9.17) is 4.98 Å². The highest BCUT2D eigenvalue weighted by Gasteiger charge is 2.26. The van der Waals surface area contributed by atoms with Crippen LogP contribution in [0.3, 0.4) is 0 Å². The lowest BCUT2D eigenvalue weighted by Gasteiger charge is -2.22. The van der Waals surface area contributed by atoms with Crippen molar-refractivity contribution in [3.63, 3.8) is 0 Å². The number of hydrogen-bond donors (Lipinski definition) is 2. The minimum atomic E-state index is -0.659. The van der Waals surface area contributed by atoms with Gasteiger partial charge in [0.25, 0.3) is 0 Å². The Morgan fingerprint density at radius 2 is 2.06 bits per heavy atom. The SMILES string of the molecule is Cc1ccc(Nc2ccc3ncn(-c4ccc(C(C)O)c(N5CCC(C#N)C5)n4)c3c2)nn1. The van der Waals surface area contributed by atoms with Gasteiger partial charge in [0.05, 0.1) is 34.8 Å². The van der Waals surface area contributed by atoms with Gasteiger partial charge >= 0.3 is 0 Å². The normalized spacial score (nSPS) is 16.7. The van der Waals surface area contributed by atoms with Crippen molar-refractivity contribution in [1.29, 1.82) is 5.26 Å². The van der Waals surface area contributed by atoms with Crippen LogP contribution in [-0.4, -0.2) is 42.9 Å². The molecule has 0 aliphatic carbocycles. The maximum Gasteiger partial charge on any atom is 0.153 e. The fraction of sp³-hybridized carbons (Fsp3) is 0.292. The van der Waals surface area contributed by atoms with E-state index in [2.05, 4.69) is 31.5 Å². The molecule has 33 heavy (non-hydrogen) atoms. The van der Waals surface area contributed by atoms with Gasteiger partial charge in [0.2, 0.25) is 0 Å². The highest BCUT2D eigenvalue weighted by Crippen LogP contribution is 2.31. The van der Waals surface area contributed by atoms with Crippen molar-refractivity contribution in [2.75, 3.05) is 23.3 Å². The van der Waals surface area contributed by atoms with Crippen LogP contribution in [0.5, 0.6) is 0 Å². The number of hydrogen-bond acceptors (Lipinski definition) is 8. The van der Waals surface area contributed by atoms with Crippen molar-refractivity contribution in [2.24, 2.45) is 5.92 Å². The first-order valence-corrected chi connectivity index (χ1v) is 10.9. The van der Waals surface area contributed by atoms with Crippen LogP contribution >= 0.6 is 0 Å². The Morgan fingerprint density at radius 3 is 2.79 bits per heavy atom. The molecule has 166 valence electrons. The van der Waals surface area contributed by atoms with Gasteiger partial charge in [-0.1, -0.05) is 0 Å². The molecule has 5 rings (SSSR count). The van der Waals surface area contributed by atoms with E-state index in [0.717, 1.165) is 40.9 Å². The monoisotopic (exact) mass is 440 g/mol. The summed E-state index contributed by atoms with van der Waals surface area (Å²) in [4.78, 5) is 11.5. The molecule has 1 aromatic carbocycles. The minimum absolute atomic E-state index is 0.0233. The molecule has 1 aliphatic rings.